The molecule has 1 heterocycles. The molecule has 1 amide bonds. The molecule has 0 aromatic heterocycles. The number of aliphatic imine (C=N–C) groups is 1. The van der Waals surface area contributed by atoms with Crippen LogP contribution in [0.3, 0.4) is 0 Å². The van der Waals surface area contributed by atoms with Crippen LogP contribution in [-0.4, -0.2) is 75.9 Å². The third-order valence-electron chi connectivity index (χ3n) is 4.57. The number of guanidine groups is 1. The summed E-state index contributed by atoms with van der Waals surface area (Å²) in [6.07, 6.45) is -3.63. The highest BCUT2D eigenvalue weighted by atomic mass is 127. The molecule has 0 saturated carbocycles. The molecule has 12 heteroatoms. The zero-order valence-electron chi connectivity index (χ0n) is 17.6. The number of carbonyl (C=O) groups is 1. The minimum atomic E-state index is -4.44. The zero-order chi connectivity index (χ0) is 22.3. The summed E-state index contributed by atoms with van der Waals surface area (Å²) in [4.78, 5) is 18.8. The van der Waals surface area contributed by atoms with E-state index in [0.717, 1.165) is 31.5 Å². The molecule has 1 aromatic rings. The van der Waals surface area contributed by atoms with Gasteiger partial charge in [-0.1, -0.05) is 11.6 Å². The van der Waals surface area contributed by atoms with Crippen molar-refractivity contribution in [1.82, 2.24) is 15.5 Å². The van der Waals surface area contributed by atoms with Gasteiger partial charge in [0.2, 0.25) is 5.91 Å². The fourth-order valence-electron chi connectivity index (χ4n) is 3.15. The van der Waals surface area contributed by atoms with E-state index >= 15 is 0 Å². The normalized spacial score (nSPS) is 16.5. The highest BCUT2D eigenvalue weighted by molar-refractivity contribution is 14.0. The van der Waals surface area contributed by atoms with Crippen LogP contribution >= 0.6 is 35.6 Å². The van der Waals surface area contributed by atoms with Crippen molar-refractivity contribution in [3.8, 4) is 5.75 Å². The lowest BCUT2D eigenvalue weighted by Crippen LogP contribution is -2.45. The minimum Gasteiger partial charge on any atom is -0.495 e. The van der Waals surface area contributed by atoms with Gasteiger partial charge in [-0.2, -0.15) is 13.2 Å². The van der Waals surface area contributed by atoms with Gasteiger partial charge >= 0.3 is 6.18 Å². The number of carbonyl (C=O) groups excluding carboxylic acids is 1. The van der Waals surface area contributed by atoms with Gasteiger partial charge in [0.05, 0.1) is 12.8 Å². The summed E-state index contributed by atoms with van der Waals surface area (Å²) >= 11 is 6.12. The number of hydrogen-bond acceptors (Lipinski definition) is 4. The molecule has 1 saturated heterocycles. The molecule has 2 rings (SSSR count). The van der Waals surface area contributed by atoms with Gasteiger partial charge in [-0.05, 0) is 31.5 Å². The first-order valence-electron chi connectivity index (χ1n) is 9.57. The Hall–Kier alpha value is -1.63. The molecule has 1 aliphatic heterocycles. The van der Waals surface area contributed by atoms with Crippen molar-refractivity contribution in [1.29, 1.82) is 0 Å². The summed E-state index contributed by atoms with van der Waals surface area (Å²) in [5.74, 6) is 0.399. The molecular formula is C19H28ClF3IN5O2. The summed E-state index contributed by atoms with van der Waals surface area (Å²) < 4.78 is 42.7. The van der Waals surface area contributed by atoms with Gasteiger partial charge in [0, 0.05) is 37.7 Å². The van der Waals surface area contributed by atoms with Crippen LogP contribution in [0.1, 0.15) is 13.3 Å². The van der Waals surface area contributed by atoms with E-state index < -0.39 is 18.6 Å². The lowest BCUT2D eigenvalue weighted by Gasteiger charge is -2.22. The lowest BCUT2D eigenvalue weighted by atomic mass is 10.2. The van der Waals surface area contributed by atoms with Crippen molar-refractivity contribution >= 4 is 53.1 Å². The molecule has 31 heavy (non-hydrogen) atoms. The largest absolute Gasteiger partial charge is 0.495 e. The molecule has 1 aromatic carbocycles. The minimum absolute atomic E-state index is 0. The van der Waals surface area contributed by atoms with Crippen LogP contribution in [0.25, 0.3) is 0 Å². The molecule has 176 valence electrons. The number of hydrogen-bond donors (Lipinski definition) is 2. The lowest BCUT2D eigenvalue weighted by molar-refractivity contribution is -0.157. The predicted octanol–water partition coefficient (Wildman–Crippen LogP) is 3.12. The number of nitrogens with one attached hydrogen (secondary N) is 2. The van der Waals surface area contributed by atoms with Crippen LogP contribution in [0, 0.1) is 0 Å². The Kier molecular flexibility index (Phi) is 11.0. The molecule has 0 aliphatic carbocycles. The second-order valence-corrected chi connectivity index (χ2v) is 7.39. The van der Waals surface area contributed by atoms with Crippen LogP contribution < -0.4 is 20.3 Å². The Morgan fingerprint density at radius 2 is 2.13 bits per heavy atom. The van der Waals surface area contributed by atoms with Crippen molar-refractivity contribution in [2.75, 3.05) is 51.8 Å². The molecule has 1 atom stereocenters. The Morgan fingerprint density at radius 1 is 1.42 bits per heavy atom. The molecule has 1 unspecified atom stereocenters. The van der Waals surface area contributed by atoms with E-state index in [1.807, 2.05) is 19.1 Å². The maximum atomic E-state index is 12.4. The molecule has 1 fully saturated rings. The summed E-state index contributed by atoms with van der Waals surface area (Å²) in [5, 5.41) is 6.87. The number of anilines is 1. The second-order valence-electron chi connectivity index (χ2n) is 6.95. The van der Waals surface area contributed by atoms with Crippen LogP contribution in [0.4, 0.5) is 18.9 Å². The molecule has 7 nitrogen and oxygen atoms in total. The fourth-order valence-corrected chi connectivity index (χ4v) is 3.31. The van der Waals surface area contributed by atoms with E-state index in [1.54, 1.807) is 13.2 Å². The van der Waals surface area contributed by atoms with Crippen LogP contribution in [-0.2, 0) is 4.79 Å². The van der Waals surface area contributed by atoms with Gasteiger partial charge in [0.15, 0.2) is 5.96 Å². The Balaban J connectivity index is 0.00000480. The Bertz CT molecular complexity index is 767. The standard InChI is InChI=1S/C19H27ClF3N5O2.HI/c1-4-24-18(25-10-17(29)27(2)12-19(21,22)23)26-14-7-8-28(11-14)15-9-13(20)5-6-16(15)30-3;/h5-6,9,14H,4,7-8,10-12H2,1-3H3,(H2,24,25,26);1H. The van der Waals surface area contributed by atoms with Crippen molar-refractivity contribution in [2.45, 2.75) is 25.6 Å². The van der Waals surface area contributed by atoms with Crippen molar-refractivity contribution in [3.05, 3.63) is 23.2 Å². The highest BCUT2D eigenvalue weighted by Crippen LogP contribution is 2.33. The van der Waals surface area contributed by atoms with E-state index in [4.69, 9.17) is 16.3 Å². The molecular weight excluding hydrogens is 550 g/mol. The van der Waals surface area contributed by atoms with E-state index in [-0.39, 0.29) is 36.6 Å². The third-order valence-corrected chi connectivity index (χ3v) is 4.80. The first kappa shape index (κ1) is 27.4. The summed E-state index contributed by atoms with van der Waals surface area (Å²) in [6.45, 7) is 2.17. The van der Waals surface area contributed by atoms with Crippen molar-refractivity contribution in [2.24, 2.45) is 4.99 Å². The van der Waals surface area contributed by atoms with Gasteiger partial charge in [-0.25, -0.2) is 4.99 Å². The molecule has 1 aliphatic rings. The quantitative estimate of drug-likeness (QED) is 0.296. The maximum absolute atomic E-state index is 12.4. The first-order chi connectivity index (χ1) is 14.1. The number of rotatable bonds is 7. The summed E-state index contributed by atoms with van der Waals surface area (Å²) in [7, 11) is 2.71. The number of halogens is 5. The van der Waals surface area contributed by atoms with E-state index in [0.29, 0.717) is 29.0 Å². The van der Waals surface area contributed by atoms with Gasteiger partial charge < -0.3 is 25.2 Å². The number of benzene rings is 1. The summed E-state index contributed by atoms with van der Waals surface area (Å²) in [5.41, 5.74) is 0.889. The monoisotopic (exact) mass is 577 g/mol. The van der Waals surface area contributed by atoms with E-state index in [2.05, 4.69) is 20.5 Å². The summed E-state index contributed by atoms with van der Waals surface area (Å²) in [6, 6.07) is 5.46. The highest BCUT2D eigenvalue weighted by Gasteiger charge is 2.31. The third kappa shape index (κ3) is 8.79. The average molecular weight is 578 g/mol. The van der Waals surface area contributed by atoms with E-state index in [9.17, 15) is 18.0 Å². The van der Waals surface area contributed by atoms with Crippen LogP contribution in [0.15, 0.2) is 23.2 Å². The zero-order valence-corrected chi connectivity index (χ0v) is 20.7. The topological polar surface area (TPSA) is 69.2 Å². The van der Waals surface area contributed by atoms with Gasteiger partial charge in [-0.3, -0.25) is 4.79 Å². The SMILES string of the molecule is CCNC(=NCC(=O)N(C)CC(F)(F)F)NC1CCN(c2cc(Cl)ccc2OC)C1.I. The number of ether oxygens (including phenoxy) is 1. The predicted molar refractivity (Wildman–Crippen MR) is 127 cm³/mol. The van der Waals surface area contributed by atoms with Crippen LogP contribution in [0.2, 0.25) is 5.02 Å². The van der Waals surface area contributed by atoms with Gasteiger partial charge in [-0.15, -0.1) is 24.0 Å². The number of nitrogens with zero attached hydrogens (tertiary/aromatic N) is 3. The average Bonchev–Trinajstić information content (AvgIpc) is 3.13. The Labute approximate surface area is 202 Å². The molecule has 0 bridgehead atoms. The van der Waals surface area contributed by atoms with Gasteiger partial charge in [0.25, 0.3) is 0 Å². The number of alkyl halides is 3. The second kappa shape index (κ2) is 12.4. The maximum Gasteiger partial charge on any atom is 0.406 e. The van der Waals surface area contributed by atoms with E-state index in [1.165, 1.54) is 0 Å². The van der Waals surface area contributed by atoms with Crippen molar-refractivity contribution < 1.29 is 22.7 Å². The smallest absolute Gasteiger partial charge is 0.406 e. The van der Waals surface area contributed by atoms with Crippen LogP contribution in [0.5, 0.6) is 5.75 Å². The number of methoxy groups -OCH3 is 1. The Morgan fingerprint density at radius 3 is 2.74 bits per heavy atom. The molecule has 0 radical (unpaired) electrons. The molecule has 2 N–H and O–H groups in total. The fraction of sp³-hybridized carbons (Fsp3) is 0.579. The number of likely N-dealkylation sites (N-methyl/N-ethyl adjacent to an activating group) is 1. The number of amides is 1. The van der Waals surface area contributed by atoms with Crippen molar-refractivity contribution in [3.63, 3.8) is 0 Å². The molecule has 0 spiro atoms. The first-order valence-corrected chi connectivity index (χ1v) is 9.94. The van der Waals surface area contributed by atoms with Gasteiger partial charge in [0.1, 0.15) is 18.8 Å².